The zero-order valence-corrected chi connectivity index (χ0v) is 13.5. The van der Waals surface area contributed by atoms with Crippen molar-refractivity contribution in [3.05, 3.63) is 41.0 Å². The number of aromatic nitrogens is 2. The lowest BCUT2D eigenvalue weighted by molar-refractivity contribution is 0.146. The predicted octanol–water partition coefficient (Wildman–Crippen LogP) is 3.49. The van der Waals surface area contributed by atoms with Crippen molar-refractivity contribution in [2.24, 2.45) is 0 Å². The Morgan fingerprint density at radius 1 is 1.04 bits per heavy atom. The lowest BCUT2D eigenvalue weighted by Crippen LogP contribution is -2.45. The first-order valence-corrected chi connectivity index (χ1v) is 7.77. The molecule has 23 heavy (non-hydrogen) atoms. The zero-order valence-electron chi connectivity index (χ0n) is 12.7. The van der Waals surface area contributed by atoms with Crippen LogP contribution in [0.15, 0.2) is 30.3 Å². The van der Waals surface area contributed by atoms with Gasteiger partial charge in [0, 0.05) is 36.8 Å². The highest BCUT2D eigenvalue weighted by Gasteiger charge is 2.20. The average molecular weight is 339 g/mol. The van der Waals surface area contributed by atoms with Gasteiger partial charge in [-0.15, -0.1) is 0 Å². The minimum atomic E-state index is -2.63. The maximum atomic E-state index is 13.2. The third-order valence-corrected chi connectivity index (χ3v) is 4.14. The lowest BCUT2D eigenvalue weighted by atomic mass is 10.1. The summed E-state index contributed by atoms with van der Waals surface area (Å²) in [6.07, 6.45) is -2.63. The summed E-state index contributed by atoms with van der Waals surface area (Å²) in [5, 5.41) is 0.594. The molecule has 122 valence electrons. The number of hydrogen-bond acceptors (Lipinski definition) is 4. The summed E-state index contributed by atoms with van der Waals surface area (Å²) in [6.45, 7) is 3.17. The van der Waals surface area contributed by atoms with Crippen LogP contribution in [0.3, 0.4) is 0 Å². The fraction of sp³-hybridized carbons (Fsp3) is 0.375. The topological polar surface area (TPSA) is 32.3 Å². The van der Waals surface area contributed by atoms with Gasteiger partial charge in [-0.1, -0.05) is 23.7 Å². The third-order valence-electron chi connectivity index (χ3n) is 3.88. The monoisotopic (exact) mass is 338 g/mol. The minimum Gasteiger partial charge on any atom is -0.338 e. The van der Waals surface area contributed by atoms with E-state index in [-0.39, 0.29) is 5.69 Å². The maximum Gasteiger partial charge on any atom is 0.280 e. The molecular weight excluding hydrogens is 322 g/mol. The normalized spacial score (nSPS) is 16.1. The van der Waals surface area contributed by atoms with E-state index >= 15 is 0 Å². The summed E-state index contributed by atoms with van der Waals surface area (Å²) >= 11 is 5.88. The Hall–Kier alpha value is -1.79. The number of benzene rings is 1. The molecule has 1 saturated heterocycles. The number of halogens is 3. The zero-order chi connectivity index (χ0) is 16.4. The molecule has 0 atom stereocenters. The van der Waals surface area contributed by atoms with Crippen LogP contribution >= 0.6 is 11.6 Å². The summed E-state index contributed by atoms with van der Waals surface area (Å²) in [6, 6.07) is 8.32. The Morgan fingerprint density at radius 2 is 1.70 bits per heavy atom. The quantitative estimate of drug-likeness (QED) is 0.857. The van der Waals surface area contributed by atoms with Crippen molar-refractivity contribution in [1.29, 1.82) is 0 Å². The van der Waals surface area contributed by atoms with Gasteiger partial charge in [0.25, 0.3) is 6.43 Å². The van der Waals surface area contributed by atoms with E-state index in [4.69, 9.17) is 11.6 Å². The van der Waals surface area contributed by atoms with Crippen LogP contribution in [0, 0.1) is 0 Å². The number of nitrogens with zero attached hydrogens (tertiary/aromatic N) is 4. The molecule has 1 aliphatic rings. The number of hydrogen-bond donors (Lipinski definition) is 0. The van der Waals surface area contributed by atoms with E-state index < -0.39 is 6.43 Å². The van der Waals surface area contributed by atoms with Crippen molar-refractivity contribution in [3.63, 3.8) is 0 Å². The fourth-order valence-electron chi connectivity index (χ4n) is 2.48. The molecule has 0 saturated carbocycles. The van der Waals surface area contributed by atoms with Crippen LogP contribution < -0.4 is 4.90 Å². The van der Waals surface area contributed by atoms with E-state index in [1.165, 1.54) is 6.07 Å². The second kappa shape index (κ2) is 6.76. The molecule has 2 aromatic rings. The number of alkyl halides is 2. The molecule has 1 fully saturated rings. The molecule has 7 heteroatoms. The van der Waals surface area contributed by atoms with Crippen molar-refractivity contribution >= 4 is 17.5 Å². The van der Waals surface area contributed by atoms with Crippen molar-refractivity contribution in [1.82, 2.24) is 14.9 Å². The van der Waals surface area contributed by atoms with Gasteiger partial charge in [-0.25, -0.2) is 18.7 Å². The van der Waals surface area contributed by atoms with E-state index in [9.17, 15) is 8.78 Å². The van der Waals surface area contributed by atoms with Gasteiger partial charge in [0.1, 0.15) is 5.69 Å². The van der Waals surface area contributed by atoms with Crippen LogP contribution in [0.25, 0.3) is 11.3 Å². The number of rotatable bonds is 3. The molecule has 0 radical (unpaired) electrons. The molecule has 1 aliphatic heterocycles. The van der Waals surface area contributed by atoms with Crippen molar-refractivity contribution < 1.29 is 8.78 Å². The van der Waals surface area contributed by atoms with Crippen LogP contribution in [0.4, 0.5) is 14.7 Å². The van der Waals surface area contributed by atoms with Gasteiger partial charge in [-0.3, -0.25) is 0 Å². The average Bonchev–Trinajstić information content (AvgIpc) is 2.55. The van der Waals surface area contributed by atoms with E-state index in [2.05, 4.69) is 14.9 Å². The summed E-state index contributed by atoms with van der Waals surface area (Å²) < 4.78 is 26.4. The molecule has 4 nitrogen and oxygen atoms in total. The predicted molar refractivity (Wildman–Crippen MR) is 87.1 cm³/mol. The summed E-state index contributed by atoms with van der Waals surface area (Å²) in [7, 11) is 2.03. The first kappa shape index (κ1) is 16.1. The molecule has 0 bridgehead atoms. The Labute approximate surface area is 138 Å². The number of likely N-dealkylation sites (N-methyl/N-ethyl adjacent to an activating group) is 1. The van der Waals surface area contributed by atoms with Gasteiger partial charge in [-0.2, -0.15) is 0 Å². The van der Waals surface area contributed by atoms with E-state index in [0.717, 1.165) is 31.7 Å². The molecular formula is C16H17ClF2N4. The molecule has 2 heterocycles. The van der Waals surface area contributed by atoms with Gasteiger partial charge in [-0.05, 0) is 25.2 Å². The Kier molecular flexibility index (Phi) is 4.73. The van der Waals surface area contributed by atoms with Crippen LogP contribution in [-0.2, 0) is 0 Å². The van der Waals surface area contributed by atoms with Crippen LogP contribution in [-0.4, -0.2) is 48.1 Å². The van der Waals surface area contributed by atoms with Gasteiger partial charge in [0.15, 0.2) is 0 Å². The Bertz CT molecular complexity index is 670. The second-order valence-electron chi connectivity index (χ2n) is 5.58. The number of piperazine rings is 1. The number of anilines is 1. The van der Waals surface area contributed by atoms with Crippen molar-refractivity contribution in [2.75, 3.05) is 38.1 Å². The summed E-state index contributed by atoms with van der Waals surface area (Å²) in [5.41, 5.74) is 0.980. The fourth-order valence-corrected chi connectivity index (χ4v) is 2.61. The highest BCUT2D eigenvalue weighted by Crippen LogP contribution is 2.27. The van der Waals surface area contributed by atoms with Gasteiger partial charge >= 0.3 is 0 Å². The van der Waals surface area contributed by atoms with Crippen LogP contribution in [0.2, 0.25) is 5.02 Å². The molecule has 0 amide bonds. The van der Waals surface area contributed by atoms with Crippen LogP contribution in [0.5, 0.6) is 0 Å². The van der Waals surface area contributed by atoms with Gasteiger partial charge in [0.05, 0.1) is 5.69 Å². The largest absolute Gasteiger partial charge is 0.338 e. The van der Waals surface area contributed by atoms with Gasteiger partial charge in [0.2, 0.25) is 5.95 Å². The molecule has 1 aromatic carbocycles. The highest BCUT2D eigenvalue weighted by atomic mass is 35.5. The van der Waals surface area contributed by atoms with E-state index in [1.807, 2.05) is 11.9 Å². The standard InChI is InChI=1S/C16H17ClF2N4/c1-22-6-8-23(9-7-22)16-20-13(10-14(21-16)15(18)19)11-2-4-12(17)5-3-11/h2-5,10,15H,6-9H2,1H3. The second-order valence-corrected chi connectivity index (χ2v) is 6.01. The first-order chi connectivity index (χ1) is 11.0. The first-order valence-electron chi connectivity index (χ1n) is 7.39. The smallest absolute Gasteiger partial charge is 0.280 e. The van der Waals surface area contributed by atoms with Crippen molar-refractivity contribution in [2.45, 2.75) is 6.43 Å². The molecule has 0 spiro atoms. The Morgan fingerprint density at radius 3 is 2.30 bits per heavy atom. The molecule has 0 unspecified atom stereocenters. The molecule has 1 aromatic heterocycles. The Balaban J connectivity index is 1.97. The van der Waals surface area contributed by atoms with Crippen LogP contribution in [0.1, 0.15) is 12.1 Å². The minimum absolute atomic E-state index is 0.251. The maximum absolute atomic E-state index is 13.2. The SMILES string of the molecule is CN1CCN(c2nc(-c3ccc(Cl)cc3)cc(C(F)F)n2)CC1. The van der Waals surface area contributed by atoms with Crippen molar-refractivity contribution in [3.8, 4) is 11.3 Å². The molecule has 3 rings (SSSR count). The third kappa shape index (κ3) is 3.76. The lowest BCUT2D eigenvalue weighted by Gasteiger charge is -2.32. The van der Waals surface area contributed by atoms with E-state index in [1.54, 1.807) is 24.3 Å². The summed E-state index contributed by atoms with van der Waals surface area (Å²) in [4.78, 5) is 12.7. The molecule has 0 aliphatic carbocycles. The summed E-state index contributed by atoms with van der Waals surface area (Å²) in [5.74, 6) is 0.362. The molecule has 0 N–H and O–H groups in total. The highest BCUT2D eigenvalue weighted by molar-refractivity contribution is 6.30. The van der Waals surface area contributed by atoms with E-state index in [0.29, 0.717) is 16.7 Å². The van der Waals surface area contributed by atoms with Gasteiger partial charge < -0.3 is 9.80 Å².